The topological polar surface area (TPSA) is 133 Å². The molecule has 0 spiro atoms. The number of rotatable bonds is 7. The molecule has 5 rings (SSSR count). The number of fused-ring (bicyclic) bond motifs is 4. The van der Waals surface area contributed by atoms with Gasteiger partial charge in [0.2, 0.25) is 0 Å². The maximum absolute atomic E-state index is 13.4. The van der Waals surface area contributed by atoms with Crippen LogP contribution in [0.15, 0.2) is 52.2 Å². The number of aliphatic hydroxyl groups is 1. The Morgan fingerprint density at radius 1 is 1.16 bits per heavy atom. The van der Waals surface area contributed by atoms with Crippen molar-refractivity contribution in [1.82, 2.24) is 4.98 Å². The van der Waals surface area contributed by atoms with Crippen molar-refractivity contribution in [1.29, 1.82) is 0 Å². The fourth-order valence-electron chi connectivity index (χ4n) is 6.64. The summed E-state index contributed by atoms with van der Waals surface area (Å²) in [4.78, 5) is 30.1. The van der Waals surface area contributed by atoms with Gasteiger partial charge in [-0.25, -0.2) is 9.78 Å². The van der Waals surface area contributed by atoms with Gasteiger partial charge in [0.05, 0.1) is 18.3 Å². The van der Waals surface area contributed by atoms with Gasteiger partial charge in [-0.05, 0) is 56.8 Å². The van der Waals surface area contributed by atoms with Crippen LogP contribution >= 0.6 is 0 Å². The molecule has 4 aliphatic heterocycles. The van der Waals surface area contributed by atoms with E-state index in [1.54, 1.807) is 20.3 Å². The summed E-state index contributed by atoms with van der Waals surface area (Å²) in [6, 6.07) is 0. The number of hydrogen-bond donors (Lipinski definition) is 1. The number of allylic oxidation sites excluding steroid dienone is 4. The lowest BCUT2D eigenvalue weighted by Gasteiger charge is -2.33. The second-order valence-electron chi connectivity index (χ2n) is 13.3. The number of methoxy groups -OCH3 is 1. The van der Waals surface area contributed by atoms with Crippen molar-refractivity contribution in [2.45, 2.75) is 116 Å². The first-order valence-electron chi connectivity index (χ1n) is 16.0. The molecule has 10 heteroatoms. The van der Waals surface area contributed by atoms with Crippen LogP contribution in [0.1, 0.15) is 71.9 Å². The lowest BCUT2D eigenvalue weighted by molar-refractivity contribution is -0.159. The average Bonchev–Trinajstić information content (AvgIpc) is 3.86. The van der Waals surface area contributed by atoms with Gasteiger partial charge in [0, 0.05) is 38.7 Å². The number of aryl methyl sites for hydroxylation is 1. The predicted molar refractivity (Wildman–Crippen MR) is 166 cm³/mol. The molecule has 0 radical (unpaired) electrons. The molecule has 45 heavy (non-hydrogen) atoms. The van der Waals surface area contributed by atoms with Crippen molar-refractivity contribution in [3.8, 4) is 0 Å². The minimum Gasteiger partial charge on any atom is -0.462 e. The Bertz CT molecular complexity index is 1360. The fraction of sp³-hybridized carbons (Fsp3) is 0.629. The summed E-state index contributed by atoms with van der Waals surface area (Å²) in [5.41, 5.74) is 1.86. The number of carbonyl (C=O) groups excluding carboxylic acids is 2. The van der Waals surface area contributed by atoms with E-state index in [-0.39, 0.29) is 48.5 Å². The smallest absolute Gasteiger partial charge is 0.338 e. The van der Waals surface area contributed by atoms with Gasteiger partial charge in [0.25, 0.3) is 0 Å². The zero-order valence-corrected chi connectivity index (χ0v) is 27.3. The summed E-state index contributed by atoms with van der Waals surface area (Å²) in [5, 5.41) is 11.4. The highest BCUT2D eigenvalue weighted by atomic mass is 16.6. The molecule has 2 bridgehead atoms. The normalized spacial score (nSPS) is 37.3. The van der Waals surface area contributed by atoms with Crippen molar-refractivity contribution in [3.63, 3.8) is 0 Å². The number of aromatic nitrogens is 1. The first kappa shape index (κ1) is 33.3. The minimum atomic E-state index is -0.905. The second kappa shape index (κ2) is 13.7. The Balaban J connectivity index is 1.33. The maximum atomic E-state index is 13.4. The molecule has 0 aromatic carbocycles. The van der Waals surface area contributed by atoms with E-state index in [4.69, 9.17) is 28.1 Å². The van der Waals surface area contributed by atoms with Gasteiger partial charge in [-0.3, -0.25) is 4.79 Å². The first-order valence-corrected chi connectivity index (χ1v) is 16.0. The Hall–Kier alpha value is -3.05. The molecule has 5 heterocycles. The second-order valence-corrected chi connectivity index (χ2v) is 13.3. The number of hydrogen-bond acceptors (Lipinski definition) is 10. The molecule has 0 aliphatic carbocycles. The monoisotopic (exact) mass is 625 g/mol. The molecule has 4 aliphatic rings. The molecule has 3 saturated heterocycles. The van der Waals surface area contributed by atoms with Crippen LogP contribution in [0.3, 0.4) is 0 Å². The Labute approximate surface area is 265 Å². The maximum Gasteiger partial charge on any atom is 0.338 e. The summed E-state index contributed by atoms with van der Waals surface area (Å²) < 4.78 is 34.7. The highest BCUT2D eigenvalue weighted by Crippen LogP contribution is 2.44. The number of ether oxygens (including phenoxy) is 5. The third-order valence-corrected chi connectivity index (χ3v) is 9.63. The first-order chi connectivity index (χ1) is 21.4. The number of esters is 2. The van der Waals surface area contributed by atoms with Crippen molar-refractivity contribution >= 4 is 18.0 Å². The SMILES string of the molecule is CO[C@H](C(C)=CC=CC(C)=Cc1coc(C)n1)[C@H](C)[C@H]1C[C@@H](O)[C@@]2(C)O[C@H]2C=C[C@@H](C)[C@@H]2C[C@@H](CC(=O)O2)C[C@H]2O[C@@H]2C(=O)O1. The zero-order chi connectivity index (χ0) is 32.5. The molecule has 3 fully saturated rings. The highest BCUT2D eigenvalue weighted by molar-refractivity contribution is 5.78. The molecule has 0 saturated carbocycles. The van der Waals surface area contributed by atoms with E-state index >= 15 is 0 Å². The van der Waals surface area contributed by atoms with Crippen molar-refractivity contribution in [3.05, 3.63) is 59.4 Å². The van der Waals surface area contributed by atoms with Gasteiger partial charge in [-0.15, -0.1) is 0 Å². The number of epoxide rings is 2. The molecule has 1 N–H and O–H groups in total. The van der Waals surface area contributed by atoms with Crippen LogP contribution in [0.2, 0.25) is 0 Å². The van der Waals surface area contributed by atoms with Crippen LogP contribution in [-0.2, 0) is 33.3 Å². The highest BCUT2D eigenvalue weighted by Gasteiger charge is 2.57. The van der Waals surface area contributed by atoms with Gasteiger partial charge in [0.1, 0.15) is 35.9 Å². The molecule has 11 atom stereocenters. The van der Waals surface area contributed by atoms with Gasteiger partial charge in [-0.2, -0.15) is 0 Å². The molecule has 246 valence electrons. The third-order valence-electron chi connectivity index (χ3n) is 9.63. The Kier molecular flexibility index (Phi) is 10.2. The summed E-state index contributed by atoms with van der Waals surface area (Å²) in [5.74, 6) is -0.316. The lowest BCUT2D eigenvalue weighted by atomic mass is 9.84. The minimum absolute atomic E-state index is 0.0130. The Morgan fingerprint density at radius 3 is 2.62 bits per heavy atom. The van der Waals surface area contributed by atoms with Crippen LogP contribution in [0.4, 0.5) is 0 Å². The van der Waals surface area contributed by atoms with Gasteiger partial charge in [0.15, 0.2) is 12.0 Å². The van der Waals surface area contributed by atoms with E-state index < -0.39 is 36.0 Å². The third kappa shape index (κ3) is 8.03. The zero-order valence-electron chi connectivity index (χ0n) is 27.3. The van der Waals surface area contributed by atoms with Crippen LogP contribution in [0.25, 0.3) is 6.08 Å². The molecule has 1 aromatic rings. The van der Waals surface area contributed by atoms with Gasteiger partial charge < -0.3 is 33.2 Å². The van der Waals surface area contributed by atoms with Gasteiger partial charge in [-0.1, -0.05) is 44.2 Å². The van der Waals surface area contributed by atoms with Crippen LogP contribution in [-0.4, -0.2) is 77.5 Å². The number of aliphatic hydroxyl groups excluding tert-OH is 1. The quantitative estimate of drug-likeness (QED) is 0.190. The average molecular weight is 626 g/mol. The van der Waals surface area contributed by atoms with E-state index in [9.17, 15) is 14.7 Å². The van der Waals surface area contributed by atoms with Crippen LogP contribution < -0.4 is 0 Å². The van der Waals surface area contributed by atoms with Crippen molar-refractivity contribution < 1.29 is 42.8 Å². The van der Waals surface area contributed by atoms with Crippen molar-refractivity contribution in [2.75, 3.05) is 7.11 Å². The fourth-order valence-corrected chi connectivity index (χ4v) is 6.64. The predicted octanol–water partition coefficient (Wildman–Crippen LogP) is 5.05. The van der Waals surface area contributed by atoms with E-state index in [2.05, 4.69) is 4.98 Å². The molecule has 1 aromatic heterocycles. The van der Waals surface area contributed by atoms with E-state index in [1.807, 2.05) is 71.1 Å². The summed E-state index contributed by atoms with van der Waals surface area (Å²) in [6.45, 7) is 11.6. The van der Waals surface area contributed by atoms with Crippen LogP contribution in [0.5, 0.6) is 0 Å². The molecular formula is C35H47NO9. The molecule has 0 amide bonds. The number of cyclic esters (lactones) is 1. The van der Waals surface area contributed by atoms with Crippen molar-refractivity contribution in [2.24, 2.45) is 17.8 Å². The Morgan fingerprint density at radius 2 is 1.91 bits per heavy atom. The standard InChI is InChI=1S/C35H47NO9/c1-19(13-25-18-41-23(5)36-25)9-8-10-21(3)32(40-7)22(4)27-17-29(37)35(6)30(45-35)12-11-20(2)26-14-24(16-31(38)42-26)15-28-33(43-28)34(39)44-27/h8-13,18,20,22,24,26-30,32-33,37H,14-17H2,1-7H3/t20-,22-,24-,26+,27-,28-,29-,30+,32-,33+,35-/m1/s1. The van der Waals surface area contributed by atoms with E-state index in [1.165, 1.54) is 0 Å². The number of oxazole rings is 1. The van der Waals surface area contributed by atoms with Crippen LogP contribution in [0, 0.1) is 24.7 Å². The number of nitrogens with zero attached hydrogens (tertiary/aromatic N) is 1. The van der Waals surface area contributed by atoms with E-state index in [0.717, 1.165) is 16.8 Å². The molecule has 10 nitrogen and oxygen atoms in total. The summed E-state index contributed by atoms with van der Waals surface area (Å²) in [7, 11) is 1.63. The largest absolute Gasteiger partial charge is 0.462 e. The lowest BCUT2D eigenvalue weighted by Crippen LogP contribution is -2.42. The summed E-state index contributed by atoms with van der Waals surface area (Å²) >= 11 is 0. The van der Waals surface area contributed by atoms with E-state index in [0.29, 0.717) is 25.2 Å². The van der Waals surface area contributed by atoms with Gasteiger partial charge >= 0.3 is 11.9 Å². The summed E-state index contributed by atoms with van der Waals surface area (Å²) in [6.07, 6.45) is 11.7. The number of carbonyl (C=O) groups is 2. The molecule has 0 unspecified atom stereocenters. The molecular weight excluding hydrogens is 578 g/mol.